The Morgan fingerprint density at radius 2 is 1.72 bits per heavy atom. The van der Waals surface area contributed by atoms with Gasteiger partial charge in [-0.05, 0) is 43.8 Å². The van der Waals surface area contributed by atoms with E-state index in [1.54, 1.807) is 0 Å². The molecule has 1 atom stereocenters. The van der Waals surface area contributed by atoms with Crippen molar-refractivity contribution in [1.29, 1.82) is 0 Å². The Balaban J connectivity index is 2.23. The van der Waals surface area contributed by atoms with Crippen LogP contribution in [-0.2, 0) is 0 Å². The van der Waals surface area contributed by atoms with E-state index in [1.165, 1.54) is 21.0 Å². The van der Waals surface area contributed by atoms with Crippen LogP contribution in [0, 0.1) is 0 Å². The zero-order valence-corrected chi connectivity index (χ0v) is 12.2. The fraction of sp³-hybridized carbons (Fsp3) is 0.333. The minimum absolute atomic E-state index is 0.421. The Labute approximate surface area is 113 Å². The normalized spacial score (nSPS) is 12.4. The maximum atomic E-state index is 3.27. The summed E-state index contributed by atoms with van der Waals surface area (Å²) in [5.74, 6) is 0. The Bertz CT molecular complexity index is 499. The third kappa shape index (κ3) is 2.74. The third-order valence-electron chi connectivity index (χ3n) is 3.15. The van der Waals surface area contributed by atoms with E-state index in [0.29, 0.717) is 6.04 Å². The maximum Gasteiger partial charge on any atom is 0.0383 e. The van der Waals surface area contributed by atoms with Gasteiger partial charge in [0.05, 0.1) is 0 Å². The van der Waals surface area contributed by atoms with Gasteiger partial charge < -0.3 is 10.2 Å². The molecule has 1 aromatic carbocycles. The van der Waals surface area contributed by atoms with Gasteiger partial charge >= 0.3 is 0 Å². The molecule has 2 rings (SSSR count). The van der Waals surface area contributed by atoms with E-state index in [-0.39, 0.29) is 0 Å². The number of hydrogen-bond donors (Lipinski definition) is 1. The molecule has 0 fully saturated rings. The van der Waals surface area contributed by atoms with E-state index >= 15 is 0 Å². The van der Waals surface area contributed by atoms with E-state index < -0.39 is 0 Å². The average Bonchev–Trinajstić information content (AvgIpc) is 2.87. The molecule has 0 spiro atoms. The predicted octanol–water partition coefficient (Wildman–Crippen LogP) is 3.76. The summed E-state index contributed by atoms with van der Waals surface area (Å²) in [5, 5.41) is 3.27. The summed E-state index contributed by atoms with van der Waals surface area (Å²) >= 11 is 1.86. The molecule has 1 aromatic heterocycles. The van der Waals surface area contributed by atoms with Crippen LogP contribution in [0.5, 0.6) is 0 Å². The molecule has 18 heavy (non-hydrogen) atoms. The predicted molar refractivity (Wildman–Crippen MR) is 81.6 cm³/mol. The van der Waals surface area contributed by atoms with Crippen molar-refractivity contribution in [2.45, 2.75) is 13.0 Å². The van der Waals surface area contributed by atoms with Crippen LogP contribution in [0.3, 0.4) is 0 Å². The monoisotopic (exact) mass is 260 g/mol. The summed E-state index contributed by atoms with van der Waals surface area (Å²) in [6.45, 7) is 2.19. The zero-order chi connectivity index (χ0) is 13.1. The first-order valence-electron chi connectivity index (χ1n) is 6.16. The molecular formula is C15H20N2S. The standard InChI is InChI=1S/C15H20N2S/c1-11(16-2)14-9-10-15(18-14)12-5-7-13(8-6-12)17(3)4/h5-11,16H,1-4H3. The first kappa shape index (κ1) is 13.1. The van der Waals surface area contributed by atoms with Gasteiger partial charge in [-0.15, -0.1) is 11.3 Å². The van der Waals surface area contributed by atoms with E-state index in [9.17, 15) is 0 Å². The summed E-state index contributed by atoms with van der Waals surface area (Å²) in [5.41, 5.74) is 2.53. The van der Waals surface area contributed by atoms with Crippen molar-refractivity contribution in [3.8, 4) is 10.4 Å². The van der Waals surface area contributed by atoms with Gasteiger partial charge in [-0.25, -0.2) is 0 Å². The minimum atomic E-state index is 0.421. The molecule has 0 amide bonds. The first-order chi connectivity index (χ1) is 8.61. The maximum absolute atomic E-state index is 3.27. The number of anilines is 1. The van der Waals surface area contributed by atoms with Crippen LogP contribution >= 0.6 is 11.3 Å². The molecule has 0 aliphatic heterocycles. The molecule has 1 N–H and O–H groups in total. The summed E-state index contributed by atoms with van der Waals surface area (Å²) in [4.78, 5) is 4.83. The fourth-order valence-corrected chi connectivity index (χ4v) is 2.88. The van der Waals surface area contributed by atoms with Gasteiger partial charge in [0.2, 0.25) is 0 Å². The molecule has 1 heterocycles. The lowest BCUT2D eigenvalue weighted by molar-refractivity contribution is 0.664. The second kappa shape index (κ2) is 5.55. The van der Waals surface area contributed by atoms with Crippen LogP contribution in [-0.4, -0.2) is 21.1 Å². The van der Waals surface area contributed by atoms with Crippen molar-refractivity contribution in [3.05, 3.63) is 41.3 Å². The number of hydrogen-bond acceptors (Lipinski definition) is 3. The highest BCUT2D eigenvalue weighted by molar-refractivity contribution is 7.15. The number of nitrogens with one attached hydrogen (secondary N) is 1. The summed E-state index contributed by atoms with van der Waals surface area (Å²) in [7, 11) is 6.12. The number of benzene rings is 1. The first-order valence-corrected chi connectivity index (χ1v) is 6.98. The smallest absolute Gasteiger partial charge is 0.0383 e. The van der Waals surface area contributed by atoms with E-state index in [2.05, 4.69) is 67.6 Å². The van der Waals surface area contributed by atoms with Crippen LogP contribution in [0.4, 0.5) is 5.69 Å². The van der Waals surface area contributed by atoms with Crippen LogP contribution in [0.2, 0.25) is 0 Å². The van der Waals surface area contributed by atoms with Crippen LogP contribution in [0.1, 0.15) is 17.8 Å². The molecule has 3 heteroatoms. The van der Waals surface area contributed by atoms with Gasteiger partial charge in [-0.2, -0.15) is 0 Å². The Morgan fingerprint density at radius 3 is 2.28 bits per heavy atom. The third-order valence-corrected chi connectivity index (χ3v) is 4.47. The van der Waals surface area contributed by atoms with Crippen LogP contribution < -0.4 is 10.2 Å². The van der Waals surface area contributed by atoms with Gasteiger partial charge in [0.1, 0.15) is 0 Å². The minimum Gasteiger partial charge on any atom is -0.378 e. The molecule has 0 radical (unpaired) electrons. The number of thiophene rings is 1. The number of nitrogens with zero attached hydrogens (tertiary/aromatic N) is 1. The second-order valence-electron chi connectivity index (χ2n) is 4.65. The zero-order valence-electron chi connectivity index (χ0n) is 11.4. The second-order valence-corrected chi connectivity index (χ2v) is 5.77. The molecule has 2 aromatic rings. The van der Waals surface area contributed by atoms with E-state index in [4.69, 9.17) is 0 Å². The van der Waals surface area contributed by atoms with Crippen molar-refractivity contribution >= 4 is 17.0 Å². The van der Waals surface area contributed by atoms with Crippen molar-refractivity contribution in [1.82, 2.24) is 5.32 Å². The quantitative estimate of drug-likeness (QED) is 0.900. The summed E-state index contributed by atoms with van der Waals surface area (Å²) < 4.78 is 0. The van der Waals surface area contributed by atoms with Crippen molar-refractivity contribution in [2.24, 2.45) is 0 Å². The van der Waals surface area contributed by atoms with E-state index in [1.807, 2.05) is 18.4 Å². The molecule has 0 aliphatic carbocycles. The highest BCUT2D eigenvalue weighted by Crippen LogP contribution is 2.32. The van der Waals surface area contributed by atoms with Gasteiger partial charge in [0, 0.05) is 35.6 Å². The molecule has 0 aliphatic rings. The Morgan fingerprint density at radius 1 is 1.06 bits per heavy atom. The van der Waals surface area contributed by atoms with Crippen molar-refractivity contribution in [2.75, 3.05) is 26.0 Å². The highest BCUT2D eigenvalue weighted by Gasteiger charge is 2.07. The highest BCUT2D eigenvalue weighted by atomic mass is 32.1. The molecule has 1 unspecified atom stereocenters. The van der Waals surface area contributed by atoms with Crippen LogP contribution in [0.15, 0.2) is 36.4 Å². The fourth-order valence-electron chi connectivity index (χ4n) is 1.81. The Kier molecular flexibility index (Phi) is 4.04. The number of rotatable bonds is 4. The summed E-state index contributed by atoms with van der Waals surface area (Å²) in [6.07, 6.45) is 0. The Hall–Kier alpha value is -1.32. The lowest BCUT2D eigenvalue weighted by atomic mass is 10.1. The molecule has 0 saturated carbocycles. The molecular weight excluding hydrogens is 240 g/mol. The lowest BCUT2D eigenvalue weighted by Gasteiger charge is -2.12. The topological polar surface area (TPSA) is 15.3 Å². The van der Waals surface area contributed by atoms with Gasteiger partial charge in [0.15, 0.2) is 0 Å². The summed E-state index contributed by atoms with van der Waals surface area (Å²) in [6, 6.07) is 13.5. The molecule has 0 saturated heterocycles. The van der Waals surface area contributed by atoms with Gasteiger partial charge in [0.25, 0.3) is 0 Å². The molecule has 2 nitrogen and oxygen atoms in total. The largest absolute Gasteiger partial charge is 0.378 e. The lowest BCUT2D eigenvalue weighted by Crippen LogP contribution is -2.10. The van der Waals surface area contributed by atoms with Gasteiger partial charge in [-0.3, -0.25) is 0 Å². The van der Waals surface area contributed by atoms with Crippen molar-refractivity contribution in [3.63, 3.8) is 0 Å². The van der Waals surface area contributed by atoms with E-state index in [0.717, 1.165) is 0 Å². The molecule has 0 bridgehead atoms. The average molecular weight is 260 g/mol. The van der Waals surface area contributed by atoms with Crippen LogP contribution in [0.25, 0.3) is 10.4 Å². The molecule has 96 valence electrons. The van der Waals surface area contributed by atoms with Gasteiger partial charge in [-0.1, -0.05) is 12.1 Å². The SMILES string of the molecule is CNC(C)c1ccc(-c2ccc(N(C)C)cc2)s1. The van der Waals surface area contributed by atoms with Crippen molar-refractivity contribution < 1.29 is 0 Å².